The molecular formula is C21H21N7O2. The number of hydrogen-bond donors (Lipinski definition) is 0. The van der Waals surface area contributed by atoms with Crippen molar-refractivity contribution < 1.29 is 9.32 Å². The summed E-state index contributed by atoms with van der Waals surface area (Å²) in [6, 6.07) is 13.4. The molecule has 0 unspecified atom stereocenters. The van der Waals surface area contributed by atoms with Crippen molar-refractivity contribution in [2.24, 2.45) is 7.05 Å². The third-order valence-corrected chi connectivity index (χ3v) is 5.41. The zero-order valence-electron chi connectivity index (χ0n) is 16.5. The molecule has 0 N–H and O–H groups in total. The average molecular weight is 403 g/mol. The van der Waals surface area contributed by atoms with Gasteiger partial charge in [0.25, 0.3) is 11.8 Å². The summed E-state index contributed by atoms with van der Waals surface area (Å²) in [7, 11) is 1.88. The van der Waals surface area contributed by atoms with E-state index in [-0.39, 0.29) is 11.9 Å². The van der Waals surface area contributed by atoms with Crippen molar-refractivity contribution in [2.75, 3.05) is 13.1 Å². The van der Waals surface area contributed by atoms with Crippen molar-refractivity contribution in [1.82, 2.24) is 34.6 Å². The first-order valence-corrected chi connectivity index (χ1v) is 9.91. The highest BCUT2D eigenvalue weighted by Crippen LogP contribution is 2.25. The zero-order chi connectivity index (χ0) is 20.5. The number of piperidine rings is 1. The van der Waals surface area contributed by atoms with Gasteiger partial charge in [0.2, 0.25) is 5.82 Å². The van der Waals surface area contributed by atoms with Crippen molar-refractivity contribution in [1.29, 1.82) is 0 Å². The molecule has 1 fully saturated rings. The number of aryl methyl sites for hydroxylation is 1. The van der Waals surface area contributed by atoms with Gasteiger partial charge >= 0.3 is 0 Å². The molecule has 9 nitrogen and oxygen atoms in total. The number of amides is 1. The van der Waals surface area contributed by atoms with Crippen LogP contribution in [-0.4, -0.2) is 53.6 Å². The third-order valence-electron chi connectivity index (χ3n) is 5.41. The van der Waals surface area contributed by atoms with Crippen molar-refractivity contribution in [3.8, 4) is 23.0 Å². The molecule has 3 aromatic heterocycles. The smallest absolute Gasteiger partial charge is 0.280 e. The van der Waals surface area contributed by atoms with Crippen molar-refractivity contribution in [2.45, 2.75) is 18.9 Å². The van der Waals surface area contributed by atoms with Crippen LogP contribution in [0.3, 0.4) is 0 Å². The molecule has 1 aliphatic rings. The Balaban J connectivity index is 1.32. The van der Waals surface area contributed by atoms with Crippen LogP contribution in [0.1, 0.15) is 29.4 Å². The molecule has 1 aromatic carbocycles. The Morgan fingerprint density at radius 2 is 2.03 bits per heavy atom. The summed E-state index contributed by atoms with van der Waals surface area (Å²) in [6.07, 6.45) is 5.53. The van der Waals surface area contributed by atoms with Gasteiger partial charge in [-0.2, -0.15) is 4.98 Å². The molecule has 1 atom stereocenters. The normalized spacial score (nSPS) is 16.7. The van der Waals surface area contributed by atoms with Gasteiger partial charge in [0, 0.05) is 31.9 Å². The maximum Gasteiger partial charge on any atom is 0.280 e. The Morgan fingerprint density at radius 1 is 1.17 bits per heavy atom. The van der Waals surface area contributed by atoms with Gasteiger partial charge in [0.05, 0.1) is 12.2 Å². The van der Waals surface area contributed by atoms with E-state index in [2.05, 4.69) is 20.5 Å². The lowest BCUT2D eigenvalue weighted by Crippen LogP contribution is -2.41. The molecule has 0 saturated carbocycles. The number of benzene rings is 1. The highest BCUT2D eigenvalue weighted by atomic mass is 16.5. The molecule has 1 amide bonds. The standard InChI is InChI=1S/C21H21N7O2/c1-26-11-6-10-18(26)21(29)27-12-5-9-16(13-27)28-14-17(23-25-28)20-22-19(24-30-20)15-7-3-2-4-8-15/h2-4,6-8,10-11,14,16H,5,9,12-13H2,1H3/t16-/m0/s1. The van der Waals surface area contributed by atoms with E-state index in [4.69, 9.17) is 4.52 Å². The van der Waals surface area contributed by atoms with Crippen LogP contribution >= 0.6 is 0 Å². The van der Waals surface area contributed by atoms with Gasteiger partial charge in [0.1, 0.15) is 5.69 Å². The summed E-state index contributed by atoms with van der Waals surface area (Å²) in [4.78, 5) is 19.2. The predicted molar refractivity (Wildman–Crippen MR) is 108 cm³/mol. The molecule has 0 radical (unpaired) electrons. The largest absolute Gasteiger partial charge is 0.347 e. The van der Waals surface area contributed by atoms with E-state index < -0.39 is 0 Å². The summed E-state index contributed by atoms with van der Waals surface area (Å²) >= 11 is 0. The summed E-state index contributed by atoms with van der Waals surface area (Å²) in [5.74, 6) is 0.877. The number of likely N-dealkylation sites (tertiary alicyclic amines) is 1. The second-order valence-corrected chi connectivity index (χ2v) is 7.42. The Morgan fingerprint density at radius 3 is 2.83 bits per heavy atom. The van der Waals surface area contributed by atoms with Gasteiger partial charge < -0.3 is 14.0 Å². The van der Waals surface area contributed by atoms with Gasteiger partial charge in [-0.3, -0.25) is 4.79 Å². The van der Waals surface area contributed by atoms with Crippen molar-refractivity contribution in [3.05, 3.63) is 60.6 Å². The second-order valence-electron chi connectivity index (χ2n) is 7.42. The Bertz CT molecular complexity index is 1160. The molecule has 4 aromatic rings. The van der Waals surface area contributed by atoms with Crippen LogP contribution in [0.4, 0.5) is 0 Å². The van der Waals surface area contributed by atoms with Crippen molar-refractivity contribution >= 4 is 5.91 Å². The number of rotatable bonds is 4. The highest BCUT2D eigenvalue weighted by molar-refractivity contribution is 5.92. The second kappa shape index (κ2) is 7.58. The van der Waals surface area contributed by atoms with E-state index >= 15 is 0 Å². The van der Waals surface area contributed by atoms with Gasteiger partial charge in [-0.1, -0.05) is 40.7 Å². The highest BCUT2D eigenvalue weighted by Gasteiger charge is 2.28. The predicted octanol–water partition coefficient (Wildman–Crippen LogP) is 2.81. The fraction of sp³-hybridized carbons (Fsp3) is 0.286. The van der Waals surface area contributed by atoms with Gasteiger partial charge in [-0.25, -0.2) is 4.68 Å². The number of hydrogen-bond acceptors (Lipinski definition) is 6. The first-order chi connectivity index (χ1) is 14.7. The van der Waals surface area contributed by atoms with E-state index in [1.807, 2.05) is 71.4 Å². The van der Waals surface area contributed by atoms with Gasteiger partial charge in [-0.15, -0.1) is 5.10 Å². The summed E-state index contributed by atoms with van der Waals surface area (Å²) in [6.45, 7) is 1.33. The minimum Gasteiger partial charge on any atom is -0.347 e. The minimum absolute atomic E-state index is 0.0388. The van der Waals surface area contributed by atoms with E-state index in [1.54, 1.807) is 4.68 Å². The molecule has 4 heterocycles. The quantitative estimate of drug-likeness (QED) is 0.520. The summed E-state index contributed by atoms with van der Waals surface area (Å²) in [5.41, 5.74) is 2.09. The average Bonchev–Trinajstić information content (AvgIpc) is 3.54. The van der Waals surface area contributed by atoms with Crippen molar-refractivity contribution in [3.63, 3.8) is 0 Å². The van der Waals surface area contributed by atoms with Crippen LogP contribution in [0.2, 0.25) is 0 Å². The number of carbonyl (C=O) groups is 1. The molecule has 9 heteroatoms. The lowest BCUT2D eigenvalue weighted by atomic mass is 10.1. The summed E-state index contributed by atoms with van der Waals surface area (Å²) < 4.78 is 9.03. The van der Waals surface area contributed by atoms with Crippen LogP contribution in [0.15, 0.2) is 59.4 Å². The first-order valence-electron chi connectivity index (χ1n) is 9.91. The molecule has 0 aliphatic carbocycles. The van der Waals surface area contributed by atoms with Crippen LogP contribution in [-0.2, 0) is 7.05 Å². The molecule has 30 heavy (non-hydrogen) atoms. The molecule has 152 valence electrons. The fourth-order valence-corrected chi connectivity index (χ4v) is 3.79. The first kappa shape index (κ1) is 18.3. The minimum atomic E-state index is 0.0388. The van der Waals surface area contributed by atoms with E-state index in [0.29, 0.717) is 29.6 Å². The molecule has 5 rings (SSSR count). The Hall–Kier alpha value is -3.75. The number of nitrogens with zero attached hydrogens (tertiary/aromatic N) is 7. The Kier molecular flexibility index (Phi) is 4.62. The van der Waals surface area contributed by atoms with E-state index in [9.17, 15) is 4.79 Å². The molecular weight excluding hydrogens is 382 g/mol. The van der Waals surface area contributed by atoms with Crippen LogP contribution in [0.5, 0.6) is 0 Å². The van der Waals surface area contributed by atoms with Crippen LogP contribution in [0, 0.1) is 0 Å². The summed E-state index contributed by atoms with van der Waals surface area (Å²) in [5, 5.41) is 12.5. The van der Waals surface area contributed by atoms with Gasteiger partial charge in [0.15, 0.2) is 5.69 Å². The monoisotopic (exact) mass is 403 g/mol. The zero-order valence-corrected chi connectivity index (χ0v) is 16.5. The number of carbonyl (C=O) groups excluding carboxylic acids is 1. The fourth-order valence-electron chi connectivity index (χ4n) is 3.79. The molecule has 1 saturated heterocycles. The Labute approximate surface area is 172 Å². The molecule has 0 bridgehead atoms. The maximum atomic E-state index is 12.8. The molecule has 0 spiro atoms. The van der Waals surface area contributed by atoms with Crippen LogP contribution in [0.25, 0.3) is 23.0 Å². The molecule has 1 aliphatic heterocycles. The number of aromatic nitrogens is 6. The third kappa shape index (κ3) is 3.38. The van der Waals surface area contributed by atoms with Crippen LogP contribution < -0.4 is 0 Å². The maximum absolute atomic E-state index is 12.8. The van der Waals surface area contributed by atoms with Gasteiger partial charge in [-0.05, 0) is 25.0 Å². The van der Waals surface area contributed by atoms with E-state index in [0.717, 1.165) is 24.9 Å². The van der Waals surface area contributed by atoms with E-state index in [1.165, 1.54) is 0 Å². The lowest BCUT2D eigenvalue weighted by molar-refractivity contribution is 0.0662. The lowest BCUT2D eigenvalue weighted by Gasteiger charge is -2.32. The topological polar surface area (TPSA) is 94.9 Å². The SMILES string of the molecule is Cn1cccc1C(=O)N1CCC[C@H](n2cc(-c3nc(-c4ccccc4)no3)nn2)C1.